The van der Waals surface area contributed by atoms with Gasteiger partial charge >= 0.3 is 0 Å². The topological polar surface area (TPSA) is 75.7 Å². The van der Waals surface area contributed by atoms with Crippen LogP contribution >= 0.6 is 0 Å². The van der Waals surface area contributed by atoms with E-state index in [0.29, 0.717) is 38.3 Å². The summed E-state index contributed by atoms with van der Waals surface area (Å²) < 4.78 is 32.8. The average molecular weight is 465 g/mol. The van der Waals surface area contributed by atoms with Crippen molar-refractivity contribution in [2.75, 3.05) is 25.0 Å². The molecule has 0 bridgehead atoms. The van der Waals surface area contributed by atoms with Crippen LogP contribution in [0.2, 0.25) is 0 Å². The van der Waals surface area contributed by atoms with E-state index in [4.69, 9.17) is 4.74 Å². The SMILES string of the molecule is CCOc1ccc(S(=O)(=O)N2CCC(C(=O)Nc3ccc(-c4ccccc4)cc3)CC2)cc1. The first-order valence-electron chi connectivity index (χ1n) is 11.2. The second-order valence-electron chi connectivity index (χ2n) is 8.02. The van der Waals surface area contributed by atoms with Gasteiger partial charge in [0.15, 0.2) is 0 Å². The van der Waals surface area contributed by atoms with Crippen molar-refractivity contribution in [3.63, 3.8) is 0 Å². The highest BCUT2D eigenvalue weighted by molar-refractivity contribution is 7.89. The molecule has 0 radical (unpaired) electrons. The summed E-state index contributed by atoms with van der Waals surface area (Å²) in [6, 6.07) is 24.3. The third-order valence-electron chi connectivity index (χ3n) is 5.86. The van der Waals surface area contributed by atoms with E-state index in [1.54, 1.807) is 24.3 Å². The number of hydrogen-bond acceptors (Lipinski definition) is 4. The summed E-state index contributed by atoms with van der Waals surface area (Å²) in [5.41, 5.74) is 2.95. The van der Waals surface area contributed by atoms with Gasteiger partial charge in [0, 0.05) is 24.7 Å². The fraction of sp³-hybridized carbons (Fsp3) is 0.269. The second-order valence-corrected chi connectivity index (χ2v) is 9.95. The van der Waals surface area contributed by atoms with Crippen molar-refractivity contribution in [2.24, 2.45) is 5.92 Å². The van der Waals surface area contributed by atoms with Gasteiger partial charge in [-0.15, -0.1) is 0 Å². The van der Waals surface area contributed by atoms with Crippen LogP contribution in [0.25, 0.3) is 11.1 Å². The van der Waals surface area contributed by atoms with E-state index in [1.165, 1.54) is 4.31 Å². The Hall–Kier alpha value is -3.16. The van der Waals surface area contributed by atoms with E-state index >= 15 is 0 Å². The van der Waals surface area contributed by atoms with Gasteiger partial charge in [-0.05, 0) is 67.3 Å². The lowest BCUT2D eigenvalue weighted by atomic mass is 9.97. The molecule has 6 nitrogen and oxygen atoms in total. The number of ether oxygens (including phenoxy) is 1. The summed E-state index contributed by atoms with van der Waals surface area (Å²) in [6.45, 7) is 3.05. The summed E-state index contributed by atoms with van der Waals surface area (Å²) in [6.07, 6.45) is 0.981. The lowest BCUT2D eigenvalue weighted by Crippen LogP contribution is -2.41. The number of nitrogens with one attached hydrogen (secondary N) is 1. The normalized spacial score (nSPS) is 15.2. The largest absolute Gasteiger partial charge is 0.494 e. The van der Waals surface area contributed by atoms with Crippen molar-refractivity contribution >= 4 is 21.6 Å². The summed E-state index contributed by atoms with van der Waals surface area (Å²) >= 11 is 0. The Balaban J connectivity index is 1.33. The Labute approximate surface area is 195 Å². The standard InChI is InChI=1S/C26H28N2O4S/c1-2-32-24-12-14-25(15-13-24)33(30,31)28-18-16-22(17-19-28)26(29)27-23-10-8-21(9-11-23)20-6-4-3-5-7-20/h3-15,22H,2,16-19H2,1H3,(H,27,29). The summed E-state index contributed by atoms with van der Waals surface area (Å²) in [5, 5.41) is 2.97. The third-order valence-corrected chi connectivity index (χ3v) is 7.77. The molecule has 1 saturated heterocycles. The first-order chi connectivity index (χ1) is 16.0. The molecule has 3 aromatic rings. The molecule has 0 aliphatic carbocycles. The van der Waals surface area contributed by atoms with E-state index in [0.717, 1.165) is 16.8 Å². The van der Waals surface area contributed by atoms with Crippen LogP contribution in [0.5, 0.6) is 5.75 Å². The highest BCUT2D eigenvalue weighted by atomic mass is 32.2. The highest BCUT2D eigenvalue weighted by Gasteiger charge is 2.32. The van der Waals surface area contributed by atoms with Crippen molar-refractivity contribution in [1.82, 2.24) is 4.31 Å². The smallest absolute Gasteiger partial charge is 0.243 e. The van der Waals surface area contributed by atoms with E-state index in [-0.39, 0.29) is 16.7 Å². The number of benzene rings is 3. The number of sulfonamides is 1. The molecule has 4 rings (SSSR count). The quantitative estimate of drug-likeness (QED) is 0.545. The molecule has 33 heavy (non-hydrogen) atoms. The maximum Gasteiger partial charge on any atom is 0.243 e. The Morgan fingerprint density at radius 2 is 1.52 bits per heavy atom. The van der Waals surface area contributed by atoms with Crippen LogP contribution in [-0.2, 0) is 14.8 Å². The van der Waals surface area contributed by atoms with Crippen LogP contribution in [0.1, 0.15) is 19.8 Å². The average Bonchev–Trinajstić information content (AvgIpc) is 2.86. The number of amides is 1. The van der Waals surface area contributed by atoms with Crippen molar-refractivity contribution < 1.29 is 17.9 Å². The molecule has 1 N–H and O–H groups in total. The molecule has 0 aromatic heterocycles. The fourth-order valence-electron chi connectivity index (χ4n) is 4.00. The van der Waals surface area contributed by atoms with Gasteiger partial charge in [0.05, 0.1) is 11.5 Å². The number of anilines is 1. The van der Waals surface area contributed by atoms with Crippen molar-refractivity contribution in [1.29, 1.82) is 0 Å². The summed E-state index contributed by atoms with van der Waals surface area (Å²) in [5.74, 6) is 0.356. The first-order valence-corrected chi connectivity index (χ1v) is 12.6. The van der Waals surface area contributed by atoms with Crippen LogP contribution in [0.4, 0.5) is 5.69 Å². The molecule has 1 fully saturated rings. The Morgan fingerprint density at radius 1 is 0.909 bits per heavy atom. The zero-order valence-electron chi connectivity index (χ0n) is 18.6. The minimum absolute atomic E-state index is 0.0689. The lowest BCUT2D eigenvalue weighted by molar-refractivity contribution is -0.120. The molecule has 1 heterocycles. The molecule has 1 amide bonds. The zero-order chi connectivity index (χ0) is 23.3. The van der Waals surface area contributed by atoms with E-state index in [9.17, 15) is 13.2 Å². The van der Waals surface area contributed by atoms with Gasteiger partial charge in [-0.2, -0.15) is 4.31 Å². The van der Waals surface area contributed by atoms with Gasteiger partial charge < -0.3 is 10.1 Å². The minimum atomic E-state index is -3.59. The molecule has 1 aliphatic heterocycles. The second kappa shape index (κ2) is 10.2. The summed E-state index contributed by atoms with van der Waals surface area (Å²) in [4.78, 5) is 13.0. The molecule has 1 aliphatic rings. The highest BCUT2D eigenvalue weighted by Crippen LogP contribution is 2.27. The Morgan fingerprint density at radius 3 is 2.12 bits per heavy atom. The predicted molar refractivity (Wildman–Crippen MR) is 130 cm³/mol. The number of hydrogen-bond donors (Lipinski definition) is 1. The molecule has 3 aromatic carbocycles. The first kappa shape index (κ1) is 23.0. The predicted octanol–water partition coefficient (Wildman–Crippen LogP) is 4.79. The lowest BCUT2D eigenvalue weighted by Gasteiger charge is -2.30. The van der Waals surface area contributed by atoms with Crippen molar-refractivity contribution in [2.45, 2.75) is 24.7 Å². The Kier molecular flexibility index (Phi) is 7.11. The van der Waals surface area contributed by atoms with Gasteiger partial charge in [0.1, 0.15) is 5.75 Å². The third kappa shape index (κ3) is 5.43. The monoisotopic (exact) mass is 464 g/mol. The minimum Gasteiger partial charge on any atom is -0.494 e. The summed E-state index contributed by atoms with van der Waals surface area (Å²) in [7, 11) is -3.59. The number of carbonyl (C=O) groups is 1. The molecular formula is C26H28N2O4S. The molecule has 0 atom stereocenters. The number of piperidine rings is 1. The number of carbonyl (C=O) groups excluding carboxylic acids is 1. The van der Waals surface area contributed by atoms with Crippen molar-refractivity contribution in [3.05, 3.63) is 78.9 Å². The van der Waals surface area contributed by atoms with Crippen LogP contribution in [0.3, 0.4) is 0 Å². The molecule has 172 valence electrons. The van der Waals surface area contributed by atoms with Gasteiger partial charge in [0.2, 0.25) is 15.9 Å². The van der Waals surface area contributed by atoms with Gasteiger partial charge in [-0.25, -0.2) is 8.42 Å². The van der Waals surface area contributed by atoms with Gasteiger partial charge in [-0.1, -0.05) is 42.5 Å². The van der Waals surface area contributed by atoms with E-state index in [1.807, 2.05) is 61.5 Å². The van der Waals surface area contributed by atoms with Gasteiger partial charge in [-0.3, -0.25) is 4.79 Å². The van der Waals surface area contributed by atoms with Crippen molar-refractivity contribution in [3.8, 4) is 16.9 Å². The Bertz CT molecular complexity index is 1170. The maximum absolute atomic E-state index is 13.0. The number of rotatable bonds is 7. The van der Waals surface area contributed by atoms with E-state index < -0.39 is 10.0 Å². The molecule has 7 heteroatoms. The number of nitrogens with zero attached hydrogens (tertiary/aromatic N) is 1. The molecular weight excluding hydrogens is 436 g/mol. The van der Waals surface area contributed by atoms with Crippen LogP contribution in [-0.4, -0.2) is 38.3 Å². The molecule has 0 saturated carbocycles. The van der Waals surface area contributed by atoms with E-state index in [2.05, 4.69) is 5.32 Å². The molecule has 0 spiro atoms. The van der Waals surface area contributed by atoms with Gasteiger partial charge in [0.25, 0.3) is 0 Å². The zero-order valence-corrected chi connectivity index (χ0v) is 19.4. The fourth-order valence-corrected chi connectivity index (χ4v) is 5.47. The van der Waals surface area contributed by atoms with Crippen LogP contribution < -0.4 is 10.1 Å². The maximum atomic E-state index is 13.0. The van der Waals surface area contributed by atoms with Crippen LogP contribution in [0.15, 0.2) is 83.8 Å². The molecule has 0 unspecified atom stereocenters. The van der Waals surface area contributed by atoms with Crippen LogP contribution in [0, 0.1) is 5.92 Å².